The molecule has 4 aromatic rings. The van der Waals surface area contributed by atoms with Crippen molar-refractivity contribution in [2.45, 2.75) is 33.2 Å². The van der Waals surface area contributed by atoms with Gasteiger partial charge in [-0.3, -0.25) is 4.79 Å². The van der Waals surface area contributed by atoms with Gasteiger partial charge in [-0.1, -0.05) is 6.07 Å². The number of rotatable bonds is 3. The van der Waals surface area contributed by atoms with E-state index >= 15 is 0 Å². The number of nitrogens with one attached hydrogen (secondary N) is 1. The fourth-order valence-corrected chi connectivity index (χ4v) is 4.72. The van der Waals surface area contributed by atoms with Crippen LogP contribution in [0.2, 0.25) is 0 Å². The van der Waals surface area contributed by atoms with Crippen molar-refractivity contribution >= 4 is 11.3 Å². The zero-order chi connectivity index (χ0) is 20.8. The van der Waals surface area contributed by atoms with Crippen LogP contribution in [0.4, 0.5) is 0 Å². The Labute approximate surface area is 177 Å². The van der Waals surface area contributed by atoms with E-state index < -0.39 is 0 Å². The van der Waals surface area contributed by atoms with Crippen molar-refractivity contribution in [1.29, 1.82) is 0 Å². The number of aryl methyl sites for hydroxylation is 1. The second-order valence-corrected chi connectivity index (χ2v) is 8.73. The molecule has 1 aliphatic rings. The summed E-state index contributed by atoms with van der Waals surface area (Å²) in [6.45, 7) is 6.70. The average Bonchev–Trinajstić information content (AvgIpc) is 3.34. The predicted molar refractivity (Wildman–Crippen MR) is 117 cm³/mol. The summed E-state index contributed by atoms with van der Waals surface area (Å²) in [4.78, 5) is 25.7. The summed E-state index contributed by atoms with van der Waals surface area (Å²) >= 11 is 1.63. The summed E-state index contributed by atoms with van der Waals surface area (Å²) in [7, 11) is 0. The fraction of sp³-hybridized carbons (Fsp3) is 0.273. The van der Waals surface area contributed by atoms with Gasteiger partial charge in [0.25, 0.3) is 5.56 Å². The van der Waals surface area contributed by atoms with Crippen LogP contribution in [0.25, 0.3) is 33.2 Å². The molecule has 3 aromatic heterocycles. The van der Waals surface area contributed by atoms with Crippen LogP contribution < -0.4 is 10.3 Å². The lowest BCUT2D eigenvalue weighted by atomic mass is 10.0. The Morgan fingerprint density at radius 3 is 2.93 bits per heavy atom. The number of fused-ring (bicyclic) bond motifs is 3. The monoisotopic (exact) mass is 419 g/mol. The lowest BCUT2D eigenvalue weighted by Crippen LogP contribution is -2.08. The zero-order valence-electron chi connectivity index (χ0n) is 17.0. The Morgan fingerprint density at radius 1 is 1.23 bits per heavy atom. The van der Waals surface area contributed by atoms with E-state index in [1.807, 2.05) is 35.9 Å². The molecule has 0 aliphatic carbocycles. The molecule has 0 spiro atoms. The second-order valence-electron chi connectivity index (χ2n) is 7.64. The van der Waals surface area contributed by atoms with E-state index in [0.29, 0.717) is 12.2 Å². The molecular weight excluding hydrogens is 398 g/mol. The Morgan fingerprint density at radius 2 is 2.10 bits per heavy atom. The molecule has 1 aliphatic heterocycles. The molecule has 1 N–H and O–H groups in total. The van der Waals surface area contributed by atoms with E-state index in [-0.39, 0.29) is 11.6 Å². The molecule has 152 valence electrons. The van der Waals surface area contributed by atoms with E-state index in [0.717, 1.165) is 50.3 Å². The van der Waals surface area contributed by atoms with Gasteiger partial charge in [-0.25, -0.2) is 14.6 Å². The lowest BCUT2D eigenvalue weighted by molar-refractivity contribution is 0.327. The summed E-state index contributed by atoms with van der Waals surface area (Å²) < 4.78 is 7.86. The van der Waals surface area contributed by atoms with Gasteiger partial charge in [0, 0.05) is 34.7 Å². The third-order valence-corrected chi connectivity index (χ3v) is 6.24. The minimum Gasteiger partial charge on any atom is -0.493 e. The average molecular weight is 420 g/mol. The molecule has 0 fully saturated rings. The third kappa shape index (κ3) is 3.13. The largest absolute Gasteiger partial charge is 0.493 e. The number of H-pyrrole nitrogens is 1. The van der Waals surface area contributed by atoms with Gasteiger partial charge in [0.05, 0.1) is 12.3 Å². The summed E-state index contributed by atoms with van der Waals surface area (Å²) in [5, 5.41) is 5.19. The zero-order valence-corrected chi connectivity index (χ0v) is 17.8. The molecule has 4 heterocycles. The Balaban J connectivity index is 1.66. The molecule has 0 amide bonds. The van der Waals surface area contributed by atoms with Gasteiger partial charge in [-0.2, -0.15) is 5.10 Å². The molecule has 8 heteroatoms. The quantitative estimate of drug-likeness (QED) is 0.537. The molecule has 1 aromatic carbocycles. The summed E-state index contributed by atoms with van der Waals surface area (Å²) in [6, 6.07) is 7.95. The maximum Gasteiger partial charge on any atom is 0.255 e. The number of aromatic amines is 1. The van der Waals surface area contributed by atoms with Gasteiger partial charge in [-0.15, -0.1) is 11.3 Å². The maximum atomic E-state index is 12.4. The molecular formula is C22H21N5O2S. The topological polar surface area (TPSA) is 85.7 Å². The Hall–Kier alpha value is -3.26. The van der Waals surface area contributed by atoms with E-state index in [1.165, 1.54) is 0 Å². The molecule has 0 saturated heterocycles. The Bertz CT molecular complexity index is 1300. The van der Waals surface area contributed by atoms with Crippen LogP contribution in [0.5, 0.6) is 5.75 Å². The first kappa shape index (κ1) is 18.7. The molecule has 5 rings (SSSR count). The van der Waals surface area contributed by atoms with Gasteiger partial charge in [0.15, 0.2) is 10.8 Å². The van der Waals surface area contributed by atoms with Crippen LogP contribution in [0.15, 0.2) is 41.6 Å². The van der Waals surface area contributed by atoms with Crippen molar-refractivity contribution in [1.82, 2.24) is 24.7 Å². The molecule has 7 nitrogen and oxygen atoms in total. The van der Waals surface area contributed by atoms with Crippen LogP contribution in [0.3, 0.4) is 0 Å². The maximum absolute atomic E-state index is 12.4. The first-order valence-corrected chi connectivity index (χ1v) is 10.7. The number of hydrogen-bond acceptors (Lipinski definition) is 6. The van der Waals surface area contributed by atoms with Crippen LogP contribution in [0.1, 0.15) is 30.3 Å². The van der Waals surface area contributed by atoms with Crippen molar-refractivity contribution in [3.05, 3.63) is 57.6 Å². The van der Waals surface area contributed by atoms with Crippen molar-refractivity contribution in [2.75, 3.05) is 6.61 Å². The highest BCUT2D eigenvalue weighted by molar-refractivity contribution is 7.15. The molecule has 0 unspecified atom stereocenters. The van der Waals surface area contributed by atoms with Crippen LogP contribution in [-0.4, -0.2) is 31.3 Å². The SMILES string of the molecule is Cc1c[nH]c(=O)c(-c2ccc3c(c2)-c2nc(-c4ncnn4C(C)C)sc2CCO3)c1. The summed E-state index contributed by atoms with van der Waals surface area (Å²) in [5.41, 5.74) is 4.17. The number of benzene rings is 1. The minimum atomic E-state index is -0.112. The van der Waals surface area contributed by atoms with E-state index in [4.69, 9.17) is 9.72 Å². The normalized spacial score (nSPS) is 12.9. The number of pyridine rings is 1. The molecule has 0 atom stereocenters. The van der Waals surface area contributed by atoms with Gasteiger partial charge in [0.2, 0.25) is 0 Å². The van der Waals surface area contributed by atoms with Gasteiger partial charge >= 0.3 is 0 Å². The molecule has 0 radical (unpaired) electrons. The summed E-state index contributed by atoms with van der Waals surface area (Å²) in [5.74, 6) is 1.56. The number of thiazole rings is 1. The van der Waals surface area contributed by atoms with Crippen molar-refractivity contribution in [3.63, 3.8) is 0 Å². The highest BCUT2D eigenvalue weighted by Gasteiger charge is 2.24. The third-order valence-electron chi connectivity index (χ3n) is 5.13. The van der Waals surface area contributed by atoms with Crippen LogP contribution in [-0.2, 0) is 6.42 Å². The van der Waals surface area contributed by atoms with Gasteiger partial charge < -0.3 is 9.72 Å². The molecule has 0 bridgehead atoms. The number of aromatic nitrogens is 5. The van der Waals surface area contributed by atoms with Crippen LogP contribution in [0, 0.1) is 6.92 Å². The smallest absolute Gasteiger partial charge is 0.255 e. The van der Waals surface area contributed by atoms with Gasteiger partial charge in [-0.05, 0) is 50.1 Å². The van der Waals surface area contributed by atoms with Crippen LogP contribution >= 0.6 is 11.3 Å². The van der Waals surface area contributed by atoms with E-state index in [1.54, 1.807) is 23.9 Å². The van der Waals surface area contributed by atoms with E-state index in [2.05, 4.69) is 28.9 Å². The lowest BCUT2D eigenvalue weighted by Gasteiger charge is -2.10. The number of ether oxygens (including phenoxy) is 1. The first-order valence-electron chi connectivity index (χ1n) is 9.88. The highest BCUT2D eigenvalue weighted by Crippen LogP contribution is 2.41. The first-order chi connectivity index (χ1) is 14.5. The second kappa shape index (κ2) is 7.21. The Kier molecular flexibility index (Phi) is 4.51. The minimum absolute atomic E-state index is 0.112. The molecule has 30 heavy (non-hydrogen) atoms. The summed E-state index contributed by atoms with van der Waals surface area (Å²) in [6.07, 6.45) is 4.06. The standard InChI is InChI=1S/C22H21N5O2S/c1-12(2)27-20(24-11-25-27)22-26-19-16-9-14(15-8-13(3)10-23-21(15)28)4-5-17(16)29-7-6-18(19)30-22/h4-5,8-12H,6-7H2,1-3H3,(H,23,28). The number of nitrogens with zero attached hydrogens (tertiary/aromatic N) is 4. The van der Waals surface area contributed by atoms with Crippen molar-refractivity contribution in [3.8, 4) is 39.0 Å². The molecule has 0 saturated carbocycles. The van der Waals surface area contributed by atoms with Crippen molar-refractivity contribution < 1.29 is 4.74 Å². The fourth-order valence-electron chi connectivity index (χ4n) is 3.68. The van der Waals surface area contributed by atoms with Crippen molar-refractivity contribution in [2.24, 2.45) is 0 Å². The highest BCUT2D eigenvalue weighted by atomic mass is 32.1. The number of hydrogen-bond donors (Lipinski definition) is 1. The predicted octanol–water partition coefficient (Wildman–Crippen LogP) is 4.25. The van der Waals surface area contributed by atoms with Gasteiger partial charge in [0.1, 0.15) is 12.1 Å². The van der Waals surface area contributed by atoms with E-state index in [9.17, 15) is 4.79 Å².